The number of halogens is 3. The number of nitrogens with zero attached hydrogens (tertiary/aromatic N) is 1. The van der Waals surface area contributed by atoms with E-state index in [9.17, 15) is 19.2 Å². The highest BCUT2D eigenvalue weighted by molar-refractivity contribution is 6.40. The number of benzene rings is 2. The van der Waals surface area contributed by atoms with Crippen molar-refractivity contribution in [2.24, 2.45) is 0 Å². The lowest BCUT2D eigenvalue weighted by atomic mass is 10.1. The first-order valence-corrected chi connectivity index (χ1v) is 9.31. The van der Waals surface area contributed by atoms with E-state index >= 15 is 0 Å². The van der Waals surface area contributed by atoms with Crippen molar-refractivity contribution in [3.8, 4) is 5.75 Å². The van der Waals surface area contributed by atoms with E-state index in [1.54, 1.807) is 0 Å². The average Bonchev–Trinajstić information content (AvgIpc) is 2.65. The number of carboxylic acid groups (broad SMARTS) is 1. The van der Waals surface area contributed by atoms with Gasteiger partial charge in [0.2, 0.25) is 0 Å². The molecule has 30 heavy (non-hydrogen) atoms. The Balaban J connectivity index is 1.96. The Morgan fingerprint density at radius 2 is 1.67 bits per heavy atom. The van der Waals surface area contributed by atoms with E-state index < -0.39 is 30.4 Å². The zero-order valence-corrected chi connectivity index (χ0v) is 17.1. The molecule has 0 radical (unpaired) electrons. The van der Waals surface area contributed by atoms with Crippen molar-refractivity contribution in [3.63, 3.8) is 0 Å². The number of hydrogen-bond donors (Lipinski definition) is 2. The van der Waals surface area contributed by atoms with Gasteiger partial charge in [0.15, 0.2) is 12.4 Å². The topological polar surface area (TPSA) is 113 Å². The molecular formula is C19H11Cl3N2O6. The molecule has 1 saturated heterocycles. The number of amides is 4. The van der Waals surface area contributed by atoms with E-state index in [2.05, 4.69) is 5.32 Å². The Morgan fingerprint density at radius 1 is 1.07 bits per heavy atom. The zero-order chi connectivity index (χ0) is 22.0. The number of aliphatic carboxylic acids is 1. The number of urea groups is 1. The molecular weight excluding hydrogens is 459 g/mol. The molecule has 0 aromatic heterocycles. The Bertz CT molecular complexity index is 1070. The van der Waals surface area contributed by atoms with Crippen molar-refractivity contribution in [1.82, 2.24) is 5.32 Å². The fraction of sp³-hybridized carbons (Fsp3) is 0.0526. The SMILES string of the molecule is O=C(O)COc1c(Cl)cc(/C=C2\C(=O)NC(=O)N(c3ccc(Cl)cc3)C2=O)cc1Cl. The van der Waals surface area contributed by atoms with Gasteiger partial charge in [-0.1, -0.05) is 34.8 Å². The fourth-order valence-electron chi connectivity index (χ4n) is 2.58. The molecule has 2 aromatic carbocycles. The van der Waals surface area contributed by atoms with E-state index in [0.717, 1.165) is 4.90 Å². The quantitative estimate of drug-likeness (QED) is 0.509. The largest absolute Gasteiger partial charge is 0.479 e. The summed E-state index contributed by atoms with van der Waals surface area (Å²) in [7, 11) is 0. The highest BCUT2D eigenvalue weighted by Gasteiger charge is 2.36. The molecule has 2 aromatic rings. The minimum absolute atomic E-state index is 0.0232. The van der Waals surface area contributed by atoms with Gasteiger partial charge in [-0.3, -0.25) is 14.9 Å². The van der Waals surface area contributed by atoms with Crippen LogP contribution in [0.15, 0.2) is 42.0 Å². The molecule has 0 unspecified atom stereocenters. The maximum atomic E-state index is 12.8. The maximum absolute atomic E-state index is 12.8. The minimum Gasteiger partial charge on any atom is -0.479 e. The summed E-state index contributed by atoms with van der Waals surface area (Å²) in [6, 6.07) is 7.66. The van der Waals surface area contributed by atoms with Gasteiger partial charge in [-0.2, -0.15) is 0 Å². The molecule has 8 nitrogen and oxygen atoms in total. The molecule has 2 N–H and O–H groups in total. The van der Waals surface area contributed by atoms with E-state index in [1.165, 1.54) is 42.5 Å². The number of anilines is 1. The summed E-state index contributed by atoms with van der Waals surface area (Å²) in [6.45, 7) is -0.654. The van der Waals surface area contributed by atoms with Gasteiger partial charge in [-0.25, -0.2) is 14.5 Å². The molecule has 0 bridgehead atoms. The van der Waals surface area contributed by atoms with Gasteiger partial charge in [0.25, 0.3) is 11.8 Å². The third-order valence-electron chi connectivity index (χ3n) is 3.86. The second-order valence-electron chi connectivity index (χ2n) is 5.93. The number of hydrogen-bond acceptors (Lipinski definition) is 5. The van der Waals surface area contributed by atoms with Gasteiger partial charge in [-0.05, 0) is 48.0 Å². The average molecular weight is 470 g/mol. The third kappa shape index (κ3) is 4.56. The van der Waals surface area contributed by atoms with Gasteiger partial charge in [0, 0.05) is 5.02 Å². The Kier molecular flexibility index (Phi) is 6.31. The summed E-state index contributed by atoms with van der Waals surface area (Å²) in [6.07, 6.45) is 1.20. The van der Waals surface area contributed by atoms with Crippen LogP contribution in [0.25, 0.3) is 6.08 Å². The summed E-state index contributed by atoms with van der Waals surface area (Å²) >= 11 is 18.0. The van der Waals surface area contributed by atoms with Gasteiger partial charge in [-0.15, -0.1) is 0 Å². The number of carbonyl (C=O) groups is 4. The molecule has 0 spiro atoms. The highest BCUT2D eigenvalue weighted by Crippen LogP contribution is 2.35. The summed E-state index contributed by atoms with van der Waals surface area (Å²) in [5.41, 5.74) is 0.140. The normalized spacial score (nSPS) is 15.4. The smallest absolute Gasteiger partial charge is 0.341 e. The first-order chi connectivity index (χ1) is 14.2. The van der Waals surface area contributed by atoms with Crippen molar-refractivity contribution in [2.45, 2.75) is 0 Å². The van der Waals surface area contributed by atoms with Crippen LogP contribution < -0.4 is 15.0 Å². The van der Waals surface area contributed by atoms with Gasteiger partial charge < -0.3 is 9.84 Å². The van der Waals surface area contributed by atoms with E-state index in [1.807, 2.05) is 0 Å². The second kappa shape index (κ2) is 8.74. The standard InChI is InChI=1S/C19H11Cl3N2O6/c20-10-1-3-11(4-2-10)24-18(28)12(17(27)23-19(24)29)5-9-6-13(21)16(14(22)7-9)30-8-15(25)26/h1-7H,8H2,(H,25,26)(H,23,27,29)/b12-5+. The van der Waals surface area contributed by atoms with Crippen LogP contribution in [0, 0.1) is 0 Å². The Hall–Kier alpha value is -3.07. The number of barbiturate groups is 1. The lowest BCUT2D eigenvalue weighted by Gasteiger charge is -2.26. The first-order valence-electron chi connectivity index (χ1n) is 8.18. The molecule has 3 rings (SSSR count). The van der Waals surface area contributed by atoms with E-state index in [-0.39, 0.29) is 32.6 Å². The number of carboxylic acids is 1. The van der Waals surface area contributed by atoms with Gasteiger partial charge in [0.05, 0.1) is 15.7 Å². The molecule has 1 fully saturated rings. The molecule has 1 aliphatic heterocycles. The molecule has 0 saturated carbocycles. The molecule has 4 amide bonds. The predicted octanol–water partition coefficient (Wildman–Crippen LogP) is 3.78. The summed E-state index contributed by atoms with van der Waals surface area (Å²) in [5.74, 6) is -3.02. The number of nitrogens with one attached hydrogen (secondary N) is 1. The van der Waals surface area contributed by atoms with Crippen molar-refractivity contribution < 1.29 is 29.0 Å². The lowest BCUT2D eigenvalue weighted by Crippen LogP contribution is -2.54. The third-order valence-corrected chi connectivity index (χ3v) is 4.67. The van der Waals surface area contributed by atoms with Crippen LogP contribution in [0.4, 0.5) is 10.5 Å². The van der Waals surface area contributed by atoms with E-state index in [0.29, 0.717) is 5.02 Å². The lowest BCUT2D eigenvalue weighted by molar-refractivity contribution is -0.139. The Morgan fingerprint density at radius 3 is 2.23 bits per heavy atom. The van der Waals surface area contributed by atoms with Crippen LogP contribution in [-0.2, 0) is 14.4 Å². The summed E-state index contributed by atoms with van der Waals surface area (Å²) in [5, 5.41) is 11.1. The van der Waals surface area contributed by atoms with Crippen LogP contribution >= 0.6 is 34.8 Å². The number of rotatable bonds is 5. The molecule has 0 atom stereocenters. The van der Waals surface area contributed by atoms with E-state index in [4.69, 9.17) is 44.6 Å². The van der Waals surface area contributed by atoms with Crippen molar-refractivity contribution in [2.75, 3.05) is 11.5 Å². The van der Waals surface area contributed by atoms with Crippen molar-refractivity contribution in [3.05, 3.63) is 62.6 Å². The molecule has 154 valence electrons. The molecule has 0 aliphatic carbocycles. The highest BCUT2D eigenvalue weighted by atomic mass is 35.5. The number of carbonyl (C=O) groups excluding carboxylic acids is 3. The van der Waals surface area contributed by atoms with Crippen LogP contribution in [0.3, 0.4) is 0 Å². The molecule has 1 aliphatic rings. The number of ether oxygens (including phenoxy) is 1. The summed E-state index contributed by atoms with van der Waals surface area (Å²) in [4.78, 5) is 48.7. The van der Waals surface area contributed by atoms with Crippen LogP contribution in [-0.4, -0.2) is 35.5 Å². The Labute approximate surface area is 184 Å². The molecule has 11 heteroatoms. The monoisotopic (exact) mass is 468 g/mol. The van der Waals surface area contributed by atoms with Gasteiger partial charge >= 0.3 is 12.0 Å². The number of imide groups is 2. The molecule has 1 heterocycles. The zero-order valence-electron chi connectivity index (χ0n) is 14.8. The fourth-order valence-corrected chi connectivity index (χ4v) is 3.32. The summed E-state index contributed by atoms with van der Waals surface area (Å²) < 4.78 is 5.02. The predicted molar refractivity (Wildman–Crippen MR) is 110 cm³/mol. The van der Waals surface area contributed by atoms with Crippen LogP contribution in [0.1, 0.15) is 5.56 Å². The minimum atomic E-state index is -1.22. The van der Waals surface area contributed by atoms with Crippen molar-refractivity contribution >= 4 is 70.4 Å². The van der Waals surface area contributed by atoms with Crippen LogP contribution in [0.2, 0.25) is 15.1 Å². The van der Waals surface area contributed by atoms with Crippen molar-refractivity contribution in [1.29, 1.82) is 0 Å². The maximum Gasteiger partial charge on any atom is 0.341 e. The first kappa shape index (κ1) is 21.6. The second-order valence-corrected chi connectivity index (χ2v) is 7.18. The van der Waals surface area contributed by atoms with Gasteiger partial charge in [0.1, 0.15) is 5.57 Å². The van der Waals surface area contributed by atoms with Crippen LogP contribution in [0.5, 0.6) is 5.75 Å².